The van der Waals surface area contributed by atoms with Crippen molar-refractivity contribution in [2.24, 2.45) is 5.41 Å². The van der Waals surface area contributed by atoms with E-state index in [0.29, 0.717) is 22.9 Å². The molecule has 4 heterocycles. The molecule has 0 N–H and O–H groups in total. The Labute approximate surface area is 535 Å². The van der Waals surface area contributed by atoms with Crippen LogP contribution in [-0.4, -0.2) is 9.55 Å². The summed E-state index contributed by atoms with van der Waals surface area (Å²) in [6.07, 6.45) is 0.122. The van der Waals surface area contributed by atoms with Gasteiger partial charge in [-0.15, -0.1) is 48.3 Å². The molecule has 87 heavy (non-hydrogen) atoms. The average molecular weight is 1330 g/mol. The van der Waals surface area contributed by atoms with E-state index in [0.717, 1.165) is 88.7 Å². The molecule has 450 valence electrons. The molecule has 1 aliphatic rings. The van der Waals surface area contributed by atoms with Gasteiger partial charge in [0.1, 0.15) is 17.0 Å². The second kappa shape index (κ2) is 21.7. The molecule has 0 saturated heterocycles. The van der Waals surface area contributed by atoms with Crippen LogP contribution in [0.1, 0.15) is 166 Å². The molecular weight excluding hydrogens is 1240 g/mol. The third kappa shape index (κ3) is 11.7. The van der Waals surface area contributed by atoms with Crippen LogP contribution in [0.5, 0.6) is 11.5 Å². The predicted octanol–water partition coefficient (Wildman–Crippen LogP) is 22.6. The Morgan fingerprint density at radius 2 is 1.06 bits per heavy atom. The van der Waals surface area contributed by atoms with Gasteiger partial charge in [-0.2, -0.15) is 6.07 Å². The van der Waals surface area contributed by atoms with E-state index < -0.39 is 11.8 Å². The van der Waals surface area contributed by atoms with Gasteiger partial charge in [-0.1, -0.05) is 220 Å². The number of nitrogens with zero attached hydrogens (tertiary/aromatic N) is 4. The van der Waals surface area contributed by atoms with Gasteiger partial charge in [-0.05, 0) is 132 Å². The summed E-state index contributed by atoms with van der Waals surface area (Å²) in [7, 11) is 0. The van der Waals surface area contributed by atoms with Crippen molar-refractivity contribution in [1.29, 1.82) is 0 Å². The number of hydrogen-bond acceptors (Lipinski definition) is 5. The fraction of sp³-hybridized carbons (Fsp3) is 0.325. The number of rotatable bonds is 8. The van der Waals surface area contributed by atoms with Crippen molar-refractivity contribution in [3.8, 4) is 39.6 Å². The van der Waals surface area contributed by atoms with Gasteiger partial charge in [-0.25, -0.2) is 4.98 Å². The second-order valence-electron chi connectivity index (χ2n) is 30.2. The van der Waals surface area contributed by atoms with E-state index in [4.69, 9.17) is 14.1 Å². The summed E-state index contributed by atoms with van der Waals surface area (Å²) in [5.41, 5.74) is 18.1. The number of aromatic nitrogens is 2. The number of para-hydroxylation sites is 4. The molecule has 11 aromatic rings. The quantitative estimate of drug-likeness (QED) is 0.142. The van der Waals surface area contributed by atoms with Crippen LogP contribution in [0, 0.1) is 31.1 Å². The Hall–Kier alpha value is -7.40. The normalized spacial score (nSPS) is 14.1. The molecule has 8 aromatic carbocycles. The van der Waals surface area contributed by atoms with Crippen LogP contribution in [0.3, 0.4) is 0 Å². The zero-order valence-corrected chi connectivity index (χ0v) is 56.7. The molecule has 0 spiro atoms. The van der Waals surface area contributed by atoms with E-state index in [1.54, 1.807) is 6.20 Å². The van der Waals surface area contributed by atoms with Crippen LogP contribution in [0.2, 0.25) is 0 Å². The molecule has 0 radical (unpaired) electrons. The topological polar surface area (TPSA) is 46.7 Å². The monoisotopic (exact) mass is 1330 g/mol. The van der Waals surface area contributed by atoms with Crippen LogP contribution >= 0.6 is 0 Å². The number of aryl methyl sites for hydroxylation is 1. The SMILES string of the molecule is [2H]C([2H])(c1cc(-n2c3[c-]c(Oc4[c-]c(N5[CH-]N(c6c(-c7cc(C(C)(C)C)cc(C(C)(C)C)c7)cccc6-c6cc(C(C)(C)C)cc(C(C)(C)C)c6)c6ccccc65)cc(C(C)(C)C)c4)ccc3c3c4oc5ccccc5c4ccc32)ncc1C)C(C)(C)C.[Pt]. The molecule has 0 atom stereocenters. The number of benzene rings is 8. The summed E-state index contributed by atoms with van der Waals surface area (Å²) in [4.78, 5) is 9.73. The first-order chi connectivity index (χ1) is 41.1. The maximum atomic E-state index is 9.44. The van der Waals surface area contributed by atoms with Crippen molar-refractivity contribution in [1.82, 2.24) is 9.55 Å². The first-order valence-electron chi connectivity index (χ1n) is 31.6. The van der Waals surface area contributed by atoms with Crippen molar-refractivity contribution in [3.63, 3.8) is 0 Å². The minimum Gasteiger partial charge on any atom is -0.509 e. The molecule has 0 amide bonds. The molecule has 0 unspecified atom stereocenters. The van der Waals surface area contributed by atoms with Gasteiger partial charge < -0.3 is 23.5 Å². The summed E-state index contributed by atoms with van der Waals surface area (Å²) in [6.45, 7) is 44.5. The molecule has 0 aliphatic carbocycles. The molecule has 0 bridgehead atoms. The Morgan fingerprint density at radius 1 is 0.529 bits per heavy atom. The summed E-state index contributed by atoms with van der Waals surface area (Å²) >= 11 is 0. The zero-order chi connectivity index (χ0) is 63.2. The van der Waals surface area contributed by atoms with Crippen LogP contribution in [0.15, 0.2) is 156 Å². The van der Waals surface area contributed by atoms with Crippen LogP contribution in [0.4, 0.5) is 22.7 Å². The summed E-state index contributed by atoms with van der Waals surface area (Å²) in [5, 5.41) is 3.88. The van der Waals surface area contributed by atoms with Gasteiger partial charge in [0, 0.05) is 86.0 Å². The van der Waals surface area contributed by atoms with Gasteiger partial charge in [0.2, 0.25) is 0 Å². The van der Waals surface area contributed by atoms with E-state index >= 15 is 0 Å². The molecule has 7 heteroatoms. The van der Waals surface area contributed by atoms with Gasteiger partial charge in [0.05, 0.1) is 0 Å². The van der Waals surface area contributed by atoms with Gasteiger partial charge in [-0.3, -0.25) is 0 Å². The van der Waals surface area contributed by atoms with Crippen LogP contribution in [-0.2, 0) is 54.5 Å². The largest absolute Gasteiger partial charge is 0.509 e. The van der Waals surface area contributed by atoms with E-state index in [9.17, 15) is 2.74 Å². The molecule has 3 aromatic heterocycles. The molecule has 12 rings (SSSR count). The van der Waals surface area contributed by atoms with E-state index in [2.05, 4.69) is 252 Å². The first kappa shape index (κ1) is 58.6. The fourth-order valence-corrected chi connectivity index (χ4v) is 12.0. The summed E-state index contributed by atoms with van der Waals surface area (Å²) < 4.78 is 34.8. The number of fused-ring (bicyclic) bond motifs is 8. The van der Waals surface area contributed by atoms with Crippen molar-refractivity contribution < 1.29 is 33.0 Å². The second-order valence-corrected chi connectivity index (χ2v) is 30.2. The van der Waals surface area contributed by atoms with Crippen molar-refractivity contribution in [2.45, 2.75) is 165 Å². The molecule has 6 nitrogen and oxygen atoms in total. The first-order valence-corrected chi connectivity index (χ1v) is 30.6. The smallest absolute Gasteiger partial charge is 0.135 e. The third-order valence-corrected chi connectivity index (χ3v) is 17.0. The summed E-state index contributed by atoms with van der Waals surface area (Å²) in [5.74, 6) is 1.61. The minimum atomic E-state index is -1.67. The van der Waals surface area contributed by atoms with Crippen LogP contribution in [0.25, 0.3) is 71.8 Å². The molecule has 0 saturated carbocycles. The van der Waals surface area contributed by atoms with E-state index in [-0.39, 0.29) is 48.1 Å². The molecular formula is C80H85N4O2Pt-3. The summed E-state index contributed by atoms with van der Waals surface area (Å²) in [6, 6.07) is 60.3. The van der Waals surface area contributed by atoms with Gasteiger partial charge in [0.15, 0.2) is 0 Å². The Morgan fingerprint density at radius 3 is 1.62 bits per heavy atom. The zero-order valence-electron chi connectivity index (χ0n) is 56.4. The Kier molecular flexibility index (Phi) is 14.6. The Balaban J connectivity index is 0.00000817. The van der Waals surface area contributed by atoms with Crippen LogP contribution < -0.4 is 14.5 Å². The minimum absolute atomic E-state index is 0. The number of hydrogen-bond donors (Lipinski definition) is 0. The van der Waals surface area contributed by atoms with E-state index in [1.165, 1.54) is 33.4 Å². The fourth-order valence-electron chi connectivity index (χ4n) is 12.0. The Bertz CT molecular complexity index is 4420. The van der Waals surface area contributed by atoms with E-state index in [1.807, 2.05) is 58.0 Å². The average Bonchev–Trinajstić information content (AvgIpc) is 1.60. The number of furan rings is 1. The van der Waals surface area contributed by atoms with Gasteiger partial charge in [0.25, 0.3) is 0 Å². The maximum absolute atomic E-state index is 9.44. The van der Waals surface area contributed by atoms with Crippen molar-refractivity contribution >= 4 is 66.5 Å². The molecule has 0 fully saturated rings. The van der Waals surface area contributed by atoms with Crippen molar-refractivity contribution in [2.75, 3.05) is 9.80 Å². The number of anilines is 4. The maximum Gasteiger partial charge on any atom is 0.135 e. The number of pyridine rings is 1. The number of ether oxygens (including phenoxy) is 1. The van der Waals surface area contributed by atoms with Crippen molar-refractivity contribution in [3.05, 3.63) is 210 Å². The van der Waals surface area contributed by atoms with Gasteiger partial charge >= 0.3 is 0 Å². The third-order valence-electron chi connectivity index (χ3n) is 17.0. The standard InChI is InChI=1S/C80H85N4O2.Pt/c1-49-47-81-71(39-52(49)46-75(2,3)4)84-68-34-33-64-63-25-20-23-30-70(63)86-74(64)72(68)65-32-31-59(45-69(65)84)85-60-43-57(80(17,18)19)42-58(44-60)82-48-83(67-29-22-21-28-66(67)82)73-61(50-35-53(76(5,6)7)40-54(36-50)77(8,9)10)26-24-27-62(73)51-37-55(78(11,12)13)41-56(38-51)79(14,15)16;/h20-43,47-48H,46H2,1-19H3;/q-3;/i46D2;. The predicted molar refractivity (Wildman–Crippen MR) is 364 cm³/mol. The molecule has 1 aliphatic heterocycles.